The van der Waals surface area contributed by atoms with Gasteiger partial charge in [0.1, 0.15) is 12.6 Å². The van der Waals surface area contributed by atoms with Crippen LogP contribution in [0.1, 0.15) is 31.9 Å². The van der Waals surface area contributed by atoms with Gasteiger partial charge in [0.2, 0.25) is 21.8 Å². The molecule has 1 N–H and O–H groups in total. The van der Waals surface area contributed by atoms with Crippen LogP contribution in [0.5, 0.6) is 0 Å². The zero-order valence-corrected chi connectivity index (χ0v) is 22.1. The smallest absolute Gasteiger partial charge is 0.244 e. The zero-order valence-electron chi connectivity index (χ0n) is 19.7. The third kappa shape index (κ3) is 7.85. The molecular weight excluding hydrogens is 506 g/mol. The number of hydrogen-bond acceptors (Lipinski definition) is 4. The molecule has 0 spiro atoms. The average molecular weight is 539 g/mol. The van der Waals surface area contributed by atoms with Crippen molar-refractivity contribution in [2.45, 2.75) is 40.3 Å². The van der Waals surface area contributed by atoms with E-state index in [9.17, 15) is 18.0 Å². The molecule has 0 aromatic heterocycles. The maximum Gasteiger partial charge on any atom is 0.244 e. The summed E-state index contributed by atoms with van der Waals surface area (Å²) < 4.78 is 26.9. The van der Waals surface area contributed by atoms with Crippen LogP contribution in [0.2, 0.25) is 0 Å². The first-order chi connectivity index (χ1) is 15.4. The molecular formula is C24H32BrN3O4S. The molecule has 2 aromatic carbocycles. The molecule has 2 amide bonds. The van der Waals surface area contributed by atoms with Crippen molar-refractivity contribution >= 4 is 43.5 Å². The predicted octanol–water partition coefficient (Wildman–Crippen LogP) is 3.71. The van der Waals surface area contributed by atoms with Gasteiger partial charge >= 0.3 is 0 Å². The van der Waals surface area contributed by atoms with Gasteiger partial charge < -0.3 is 10.2 Å². The summed E-state index contributed by atoms with van der Waals surface area (Å²) in [7, 11) is -3.75. The van der Waals surface area contributed by atoms with E-state index >= 15 is 0 Å². The lowest BCUT2D eigenvalue weighted by Crippen LogP contribution is -2.51. The van der Waals surface area contributed by atoms with Crippen molar-refractivity contribution in [3.8, 4) is 0 Å². The second kappa shape index (κ2) is 11.7. The number of hydrogen-bond donors (Lipinski definition) is 1. The summed E-state index contributed by atoms with van der Waals surface area (Å²) in [5.41, 5.74) is 2.24. The molecule has 0 bridgehead atoms. The van der Waals surface area contributed by atoms with Crippen molar-refractivity contribution < 1.29 is 18.0 Å². The van der Waals surface area contributed by atoms with Crippen molar-refractivity contribution in [3.63, 3.8) is 0 Å². The number of carbonyl (C=O) groups excluding carboxylic acids is 2. The van der Waals surface area contributed by atoms with Crippen LogP contribution in [-0.4, -0.2) is 50.5 Å². The van der Waals surface area contributed by atoms with Crippen molar-refractivity contribution in [1.29, 1.82) is 0 Å². The molecule has 7 nitrogen and oxygen atoms in total. The van der Waals surface area contributed by atoms with E-state index in [0.29, 0.717) is 16.7 Å². The highest BCUT2D eigenvalue weighted by molar-refractivity contribution is 9.10. The molecule has 0 fully saturated rings. The van der Waals surface area contributed by atoms with Crippen LogP contribution in [-0.2, 0) is 26.2 Å². The molecule has 0 saturated heterocycles. The Morgan fingerprint density at radius 3 is 2.30 bits per heavy atom. The zero-order chi connectivity index (χ0) is 24.8. The number of sulfonamides is 1. The topological polar surface area (TPSA) is 86.8 Å². The maximum atomic E-state index is 13.5. The Hall–Kier alpha value is -2.39. The quantitative estimate of drug-likeness (QED) is 0.500. The first-order valence-electron chi connectivity index (χ1n) is 10.7. The molecule has 1 unspecified atom stereocenters. The standard InChI is InChI=1S/C24H32BrN3O4S/c1-17(2)14-26-24(30)19(4)27(15-20-10-7-6-9-18(20)3)23(29)16-28(33(5,31)32)22-12-8-11-21(25)13-22/h6-13,17,19H,14-16H2,1-5H3,(H,26,30). The average Bonchev–Trinajstić information content (AvgIpc) is 2.73. The third-order valence-corrected chi connectivity index (χ3v) is 6.86. The minimum absolute atomic E-state index is 0.192. The van der Waals surface area contributed by atoms with Crippen molar-refractivity contribution in [3.05, 3.63) is 64.1 Å². The van der Waals surface area contributed by atoms with Crippen LogP contribution in [0.25, 0.3) is 0 Å². The Morgan fingerprint density at radius 2 is 1.73 bits per heavy atom. The lowest BCUT2D eigenvalue weighted by atomic mass is 10.1. The summed E-state index contributed by atoms with van der Waals surface area (Å²) in [4.78, 5) is 27.7. The Bertz CT molecular complexity index is 1090. The predicted molar refractivity (Wildman–Crippen MR) is 135 cm³/mol. The number of halogens is 1. The van der Waals surface area contributed by atoms with E-state index in [2.05, 4.69) is 21.2 Å². The van der Waals surface area contributed by atoms with Gasteiger partial charge in [-0.25, -0.2) is 8.42 Å². The van der Waals surface area contributed by atoms with E-state index in [4.69, 9.17) is 0 Å². The molecule has 33 heavy (non-hydrogen) atoms. The van der Waals surface area contributed by atoms with Crippen LogP contribution in [0, 0.1) is 12.8 Å². The van der Waals surface area contributed by atoms with Crippen LogP contribution in [0.4, 0.5) is 5.69 Å². The molecule has 0 heterocycles. The molecule has 0 aliphatic heterocycles. The highest BCUT2D eigenvalue weighted by Crippen LogP contribution is 2.23. The lowest BCUT2D eigenvalue weighted by Gasteiger charge is -2.32. The van der Waals surface area contributed by atoms with Gasteiger partial charge in [-0.1, -0.05) is 60.1 Å². The molecule has 9 heteroatoms. The van der Waals surface area contributed by atoms with Crippen molar-refractivity contribution in [1.82, 2.24) is 10.2 Å². The van der Waals surface area contributed by atoms with E-state index < -0.39 is 28.5 Å². The van der Waals surface area contributed by atoms with Crippen LogP contribution < -0.4 is 9.62 Å². The minimum Gasteiger partial charge on any atom is -0.354 e. The minimum atomic E-state index is -3.75. The van der Waals surface area contributed by atoms with E-state index in [1.54, 1.807) is 31.2 Å². The molecule has 0 aliphatic carbocycles. The van der Waals surface area contributed by atoms with Crippen molar-refractivity contribution in [2.24, 2.45) is 5.92 Å². The molecule has 0 radical (unpaired) electrons. The first kappa shape index (κ1) is 26.9. The summed E-state index contributed by atoms with van der Waals surface area (Å²) in [6.45, 7) is 7.85. The lowest BCUT2D eigenvalue weighted by molar-refractivity contribution is -0.139. The Morgan fingerprint density at radius 1 is 1.06 bits per heavy atom. The summed E-state index contributed by atoms with van der Waals surface area (Å²) in [6.07, 6.45) is 1.06. The number of carbonyl (C=O) groups is 2. The fourth-order valence-electron chi connectivity index (χ4n) is 3.25. The van der Waals surface area contributed by atoms with E-state index in [1.807, 2.05) is 45.0 Å². The van der Waals surface area contributed by atoms with Gasteiger partial charge in [0.05, 0.1) is 11.9 Å². The Balaban J connectivity index is 2.38. The van der Waals surface area contributed by atoms with E-state index in [1.165, 1.54) is 4.90 Å². The molecule has 0 aliphatic rings. The van der Waals surface area contributed by atoms with Gasteiger partial charge in [-0.3, -0.25) is 13.9 Å². The SMILES string of the molecule is Cc1ccccc1CN(C(=O)CN(c1cccc(Br)c1)S(C)(=O)=O)C(C)C(=O)NCC(C)C. The largest absolute Gasteiger partial charge is 0.354 e. The maximum absolute atomic E-state index is 13.5. The number of rotatable bonds is 10. The molecule has 2 aromatic rings. The van der Waals surface area contributed by atoms with E-state index in [-0.39, 0.29) is 18.4 Å². The van der Waals surface area contributed by atoms with Gasteiger partial charge in [-0.05, 0) is 49.1 Å². The molecule has 0 saturated carbocycles. The monoisotopic (exact) mass is 537 g/mol. The van der Waals surface area contributed by atoms with Crippen LogP contribution >= 0.6 is 15.9 Å². The van der Waals surface area contributed by atoms with Gasteiger partial charge in [0.25, 0.3) is 0 Å². The number of nitrogens with zero attached hydrogens (tertiary/aromatic N) is 2. The highest BCUT2D eigenvalue weighted by atomic mass is 79.9. The van der Waals surface area contributed by atoms with Crippen LogP contribution in [0.15, 0.2) is 53.0 Å². The van der Waals surface area contributed by atoms with Gasteiger partial charge in [0, 0.05) is 17.6 Å². The Kier molecular flexibility index (Phi) is 9.48. The highest BCUT2D eigenvalue weighted by Gasteiger charge is 2.30. The van der Waals surface area contributed by atoms with E-state index in [0.717, 1.165) is 21.7 Å². The summed E-state index contributed by atoms with van der Waals surface area (Å²) >= 11 is 3.35. The van der Waals surface area contributed by atoms with Gasteiger partial charge in [0.15, 0.2) is 0 Å². The summed E-state index contributed by atoms with van der Waals surface area (Å²) in [5, 5.41) is 2.87. The Labute approximate surface area is 205 Å². The third-order valence-electron chi connectivity index (χ3n) is 5.23. The normalized spacial score (nSPS) is 12.3. The van der Waals surface area contributed by atoms with Crippen molar-refractivity contribution in [2.75, 3.05) is 23.7 Å². The number of anilines is 1. The summed E-state index contributed by atoms with van der Waals surface area (Å²) in [5.74, 6) is -0.478. The number of benzene rings is 2. The molecule has 180 valence electrons. The second-order valence-corrected chi connectivity index (χ2v) is 11.3. The molecule has 2 rings (SSSR count). The summed E-state index contributed by atoms with van der Waals surface area (Å²) in [6, 6.07) is 13.6. The van der Waals surface area contributed by atoms with Gasteiger partial charge in [-0.2, -0.15) is 0 Å². The number of aryl methyl sites for hydroxylation is 1. The van der Waals surface area contributed by atoms with Crippen LogP contribution in [0.3, 0.4) is 0 Å². The fraction of sp³-hybridized carbons (Fsp3) is 0.417. The molecule has 1 atom stereocenters. The number of amides is 2. The fourth-order valence-corrected chi connectivity index (χ4v) is 4.48. The van der Waals surface area contributed by atoms with Gasteiger partial charge in [-0.15, -0.1) is 0 Å². The number of nitrogens with one attached hydrogen (secondary N) is 1. The second-order valence-electron chi connectivity index (χ2n) is 8.51. The first-order valence-corrected chi connectivity index (χ1v) is 13.4.